The molecule has 0 radical (unpaired) electrons. The lowest BCUT2D eigenvalue weighted by molar-refractivity contribution is 0.261. The highest BCUT2D eigenvalue weighted by Crippen LogP contribution is 2.28. The number of urea groups is 1. The number of pyridine rings is 1. The van der Waals surface area contributed by atoms with Crippen molar-refractivity contribution in [3.8, 4) is 17.2 Å². The van der Waals surface area contributed by atoms with Crippen LogP contribution in [0.4, 0.5) is 16.3 Å². The fourth-order valence-corrected chi connectivity index (χ4v) is 2.75. The van der Waals surface area contributed by atoms with Gasteiger partial charge in [-0.15, -0.1) is 0 Å². The van der Waals surface area contributed by atoms with Gasteiger partial charge in [-0.1, -0.05) is 17.7 Å². The molecule has 0 unspecified atom stereocenters. The van der Waals surface area contributed by atoms with Crippen LogP contribution in [0.3, 0.4) is 0 Å². The van der Waals surface area contributed by atoms with Crippen molar-refractivity contribution in [3.05, 3.63) is 71.4 Å². The normalized spacial score (nSPS) is 10.2. The van der Waals surface area contributed by atoms with Crippen molar-refractivity contribution in [2.75, 3.05) is 24.9 Å². The molecular formula is C21H20ClN3O4. The summed E-state index contributed by atoms with van der Waals surface area (Å²) in [4.78, 5) is 16.5. The predicted molar refractivity (Wildman–Crippen MR) is 112 cm³/mol. The average molecular weight is 414 g/mol. The van der Waals surface area contributed by atoms with Crippen LogP contribution in [-0.4, -0.2) is 25.2 Å². The molecule has 1 heterocycles. The van der Waals surface area contributed by atoms with E-state index in [0.29, 0.717) is 33.8 Å². The minimum atomic E-state index is -0.460. The highest BCUT2D eigenvalue weighted by atomic mass is 35.5. The molecule has 0 saturated heterocycles. The number of methoxy groups -OCH3 is 2. The molecule has 29 heavy (non-hydrogen) atoms. The van der Waals surface area contributed by atoms with Gasteiger partial charge in [-0.05, 0) is 42.5 Å². The van der Waals surface area contributed by atoms with Gasteiger partial charge in [0, 0.05) is 28.5 Å². The molecule has 1 aromatic heterocycles. The molecule has 0 atom stereocenters. The number of benzene rings is 2. The highest BCUT2D eigenvalue weighted by Gasteiger charge is 2.11. The Labute approximate surface area is 173 Å². The van der Waals surface area contributed by atoms with E-state index in [-0.39, 0.29) is 6.61 Å². The summed E-state index contributed by atoms with van der Waals surface area (Å²) >= 11 is 5.93. The van der Waals surface area contributed by atoms with Crippen molar-refractivity contribution < 1.29 is 19.0 Å². The Balaban J connectivity index is 1.68. The molecule has 0 aliphatic rings. The molecule has 0 aliphatic heterocycles. The minimum absolute atomic E-state index is 0.226. The van der Waals surface area contributed by atoms with Crippen LogP contribution in [0.15, 0.2) is 60.8 Å². The Bertz CT molecular complexity index is 997. The number of anilines is 2. The van der Waals surface area contributed by atoms with Gasteiger partial charge in [0.05, 0.1) is 14.2 Å². The van der Waals surface area contributed by atoms with Gasteiger partial charge in [-0.2, -0.15) is 0 Å². The van der Waals surface area contributed by atoms with Crippen LogP contribution >= 0.6 is 11.6 Å². The van der Waals surface area contributed by atoms with Crippen molar-refractivity contribution in [3.63, 3.8) is 0 Å². The largest absolute Gasteiger partial charge is 0.497 e. The SMILES string of the molecule is COc1ccc(COc2cccnc2NC(=O)Nc2cccc(Cl)c2)c(OC)c1. The van der Waals surface area contributed by atoms with Gasteiger partial charge in [0.15, 0.2) is 11.6 Å². The maximum atomic E-state index is 12.3. The molecule has 2 amide bonds. The molecular weight excluding hydrogens is 394 g/mol. The van der Waals surface area contributed by atoms with Crippen molar-refractivity contribution in [2.24, 2.45) is 0 Å². The van der Waals surface area contributed by atoms with Gasteiger partial charge in [0.25, 0.3) is 0 Å². The van der Waals surface area contributed by atoms with Crippen molar-refractivity contribution in [1.82, 2.24) is 4.98 Å². The molecule has 7 nitrogen and oxygen atoms in total. The van der Waals surface area contributed by atoms with Crippen LogP contribution in [0.1, 0.15) is 5.56 Å². The molecule has 0 fully saturated rings. The quantitative estimate of drug-likeness (QED) is 0.571. The fraction of sp³-hybridized carbons (Fsp3) is 0.143. The van der Waals surface area contributed by atoms with Crippen LogP contribution in [-0.2, 0) is 6.61 Å². The Kier molecular flexibility index (Phi) is 6.76. The third-order valence-electron chi connectivity index (χ3n) is 3.96. The third kappa shape index (κ3) is 5.52. The molecule has 8 heteroatoms. The summed E-state index contributed by atoms with van der Waals surface area (Å²) < 4.78 is 16.4. The number of nitrogens with one attached hydrogen (secondary N) is 2. The van der Waals surface area contributed by atoms with Crippen molar-refractivity contribution >= 4 is 29.1 Å². The zero-order chi connectivity index (χ0) is 20.6. The first-order chi connectivity index (χ1) is 14.1. The number of ether oxygens (including phenoxy) is 3. The second-order valence-corrected chi connectivity index (χ2v) is 6.34. The molecule has 3 rings (SSSR count). The first-order valence-electron chi connectivity index (χ1n) is 8.71. The Morgan fingerprint density at radius 1 is 1.00 bits per heavy atom. The lowest BCUT2D eigenvalue weighted by Crippen LogP contribution is -2.20. The molecule has 0 bridgehead atoms. The lowest BCUT2D eigenvalue weighted by Gasteiger charge is -2.14. The summed E-state index contributed by atoms with van der Waals surface area (Å²) in [5.41, 5.74) is 1.39. The zero-order valence-corrected chi connectivity index (χ0v) is 16.7. The van der Waals surface area contributed by atoms with E-state index >= 15 is 0 Å². The molecule has 0 spiro atoms. The summed E-state index contributed by atoms with van der Waals surface area (Å²) in [7, 11) is 3.17. The van der Waals surface area contributed by atoms with E-state index in [2.05, 4.69) is 15.6 Å². The number of rotatable bonds is 7. The number of carbonyl (C=O) groups excluding carboxylic acids is 1. The molecule has 0 saturated carbocycles. The molecule has 150 valence electrons. The van der Waals surface area contributed by atoms with Gasteiger partial charge in [0.1, 0.15) is 18.1 Å². The monoisotopic (exact) mass is 413 g/mol. The molecule has 0 aliphatic carbocycles. The van der Waals surface area contributed by atoms with Crippen LogP contribution < -0.4 is 24.8 Å². The van der Waals surface area contributed by atoms with Gasteiger partial charge < -0.3 is 19.5 Å². The number of hydrogen-bond donors (Lipinski definition) is 2. The van der Waals surface area contributed by atoms with Crippen LogP contribution in [0.5, 0.6) is 17.2 Å². The minimum Gasteiger partial charge on any atom is -0.497 e. The fourth-order valence-electron chi connectivity index (χ4n) is 2.56. The second-order valence-electron chi connectivity index (χ2n) is 5.91. The van der Waals surface area contributed by atoms with Crippen LogP contribution in [0, 0.1) is 0 Å². The van der Waals surface area contributed by atoms with Crippen LogP contribution in [0.2, 0.25) is 5.02 Å². The number of nitrogens with zero attached hydrogens (tertiary/aromatic N) is 1. The third-order valence-corrected chi connectivity index (χ3v) is 4.20. The Morgan fingerprint density at radius 2 is 1.86 bits per heavy atom. The van der Waals surface area contributed by atoms with E-state index in [0.717, 1.165) is 5.56 Å². The summed E-state index contributed by atoms with van der Waals surface area (Å²) in [5.74, 6) is 2.04. The summed E-state index contributed by atoms with van der Waals surface area (Å²) in [6, 6.07) is 15.3. The predicted octanol–water partition coefficient (Wildman–Crippen LogP) is 4.98. The first-order valence-corrected chi connectivity index (χ1v) is 9.09. The number of carbonyl (C=O) groups is 1. The Hall–Kier alpha value is -3.45. The van der Waals surface area contributed by atoms with Crippen molar-refractivity contribution in [2.45, 2.75) is 6.61 Å². The summed E-state index contributed by atoms with van der Waals surface area (Å²) in [6.07, 6.45) is 1.57. The number of hydrogen-bond acceptors (Lipinski definition) is 5. The van der Waals surface area contributed by atoms with Gasteiger partial charge in [-0.3, -0.25) is 5.32 Å². The van der Waals surface area contributed by atoms with E-state index < -0.39 is 6.03 Å². The summed E-state index contributed by atoms with van der Waals surface area (Å²) in [6.45, 7) is 0.226. The van der Waals surface area contributed by atoms with E-state index in [4.69, 9.17) is 25.8 Å². The smallest absolute Gasteiger partial charge is 0.324 e. The van der Waals surface area contributed by atoms with Crippen molar-refractivity contribution in [1.29, 1.82) is 0 Å². The number of halogens is 1. The summed E-state index contributed by atoms with van der Waals surface area (Å²) in [5, 5.41) is 5.91. The Morgan fingerprint density at radius 3 is 2.62 bits per heavy atom. The van der Waals surface area contributed by atoms with Crippen LogP contribution in [0.25, 0.3) is 0 Å². The van der Waals surface area contributed by atoms with E-state index in [9.17, 15) is 4.79 Å². The number of amides is 2. The van der Waals surface area contributed by atoms with Gasteiger partial charge in [-0.25, -0.2) is 9.78 Å². The second kappa shape index (κ2) is 9.66. The van der Waals surface area contributed by atoms with E-state index in [1.54, 1.807) is 62.9 Å². The maximum Gasteiger partial charge on any atom is 0.324 e. The molecule has 2 aromatic carbocycles. The van der Waals surface area contributed by atoms with E-state index in [1.165, 1.54) is 0 Å². The molecule has 2 N–H and O–H groups in total. The maximum absolute atomic E-state index is 12.3. The highest BCUT2D eigenvalue weighted by molar-refractivity contribution is 6.30. The van der Waals surface area contributed by atoms with E-state index in [1.807, 2.05) is 12.1 Å². The average Bonchev–Trinajstić information content (AvgIpc) is 2.73. The lowest BCUT2D eigenvalue weighted by atomic mass is 10.2. The van der Waals surface area contributed by atoms with Gasteiger partial charge in [0.2, 0.25) is 0 Å². The topological polar surface area (TPSA) is 81.7 Å². The molecule has 3 aromatic rings. The van der Waals surface area contributed by atoms with Gasteiger partial charge >= 0.3 is 6.03 Å². The standard InChI is InChI=1S/C21H20ClN3O4/c1-27-17-9-8-14(19(12-17)28-2)13-29-18-7-4-10-23-20(18)25-21(26)24-16-6-3-5-15(22)11-16/h3-12H,13H2,1-2H3,(H2,23,24,25,26). The number of aromatic nitrogens is 1. The first kappa shape index (κ1) is 20.3. The zero-order valence-electron chi connectivity index (χ0n) is 15.9.